The van der Waals surface area contributed by atoms with Gasteiger partial charge in [0.2, 0.25) is 0 Å². The van der Waals surface area contributed by atoms with Gasteiger partial charge in [0.1, 0.15) is 36.4 Å². The Hall–Kier alpha value is -3.07. The largest absolute Gasteiger partial charge is 0.344 e. The van der Waals surface area contributed by atoms with Gasteiger partial charge in [-0.2, -0.15) is 5.26 Å². The van der Waals surface area contributed by atoms with Gasteiger partial charge < -0.3 is 10.1 Å². The number of alkyl halides is 3. The molecule has 1 fully saturated rings. The Bertz CT molecular complexity index is 964. The van der Waals surface area contributed by atoms with Gasteiger partial charge in [-0.05, 0) is 30.3 Å². The van der Waals surface area contributed by atoms with Crippen LogP contribution in [0.2, 0.25) is 0 Å². The summed E-state index contributed by atoms with van der Waals surface area (Å²) in [6.45, 7) is -2.89. The molecule has 3 rings (SSSR count). The zero-order chi connectivity index (χ0) is 21.2. The van der Waals surface area contributed by atoms with Crippen molar-refractivity contribution in [3.63, 3.8) is 0 Å². The van der Waals surface area contributed by atoms with E-state index in [1.165, 1.54) is 18.3 Å². The molecule has 1 amide bonds. The SMILES string of the molecule is N#Cc1ccc(C(=O)Nc2ccc(F)c([C@@]3(CF)NC(N)OCC3(F)F)c2)nc1. The molecule has 2 heterocycles. The highest BCUT2D eigenvalue weighted by Crippen LogP contribution is 2.43. The lowest BCUT2D eigenvalue weighted by atomic mass is 9.83. The summed E-state index contributed by atoms with van der Waals surface area (Å²) in [5.74, 6) is -5.67. The van der Waals surface area contributed by atoms with E-state index in [1.807, 2.05) is 6.07 Å². The summed E-state index contributed by atoms with van der Waals surface area (Å²) >= 11 is 0. The van der Waals surface area contributed by atoms with E-state index < -0.39 is 48.4 Å². The summed E-state index contributed by atoms with van der Waals surface area (Å²) in [4.78, 5) is 16.1. The minimum Gasteiger partial charge on any atom is -0.344 e. The monoisotopic (exact) mass is 409 g/mol. The van der Waals surface area contributed by atoms with E-state index in [1.54, 1.807) is 0 Å². The lowest BCUT2D eigenvalue weighted by Gasteiger charge is -2.45. The van der Waals surface area contributed by atoms with Crippen molar-refractivity contribution in [2.75, 3.05) is 18.6 Å². The van der Waals surface area contributed by atoms with Gasteiger partial charge in [0.05, 0.1) is 5.56 Å². The van der Waals surface area contributed by atoms with Crippen LogP contribution in [0.4, 0.5) is 23.2 Å². The van der Waals surface area contributed by atoms with E-state index >= 15 is 0 Å². The smallest absolute Gasteiger partial charge is 0.295 e. The molecule has 2 aromatic rings. The van der Waals surface area contributed by atoms with Crippen LogP contribution in [0.1, 0.15) is 21.6 Å². The fraction of sp³-hybridized carbons (Fsp3) is 0.278. The second-order valence-electron chi connectivity index (χ2n) is 6.31. The second-order valence-corrected chi connectivity index (χ2v) is 6.31. The molecule has 152 valence electrons. The third-order valence-corrected chi connectivity index (χ3v) is 4.47. The Morgan fingerprint density at radius 2 is 2.17 bits per heavy atom. The van der Waals surface area contributed by atoms with Crippen molar-refractivity contribution in [1.82, 2.24) is 10.3 Å². The van der Waals surface area contributed by atoms with Gasteiger partial charge in [-0.3, -0.25) is 15.8 Å². The molecule has 2 atom stereocenters. The van der Waals surface area contributed by atoms with Crippen LogP contribution >= 0.6 is 0 Å². The number of benzene rings is 1. The molecule has 1 saturated heterocycles. The van der Waals surface area contributed by atoms with Crippen LogP contribution in [0.25, 0.3) is 0 Å². The molecule has 4 N–H and O–H groups in total. The average molecular weight is 409 g/mol. The number of amides is 1. The van der Waals surface area contributed by atoms with Gasteiger partial charge >= 0.3 is 0 Å². The molecule has 29 heavy (non-hydrogen) atoms. The number of nitrogens with one attached hydrogen (secondary N) is 2. The minimum atomic E-state index is -3.82. The molecule has 1 aliphatic rings. The van der Waals surface area contributed by atoms with Crippen molar-refractivity contribution >= 4 is 11.6 Å². The molecular formula is C18H15F4N5O2. The number of rotatable bonds is 4. The Labute approximate surface area is 162 Å². The first kappa shape index (κ1) is 20.7. The number of nitriles is 1. The van der Waals surface area contributed by atoms with E-state index in [-0.39, 0.29) is 16.9 Å². The number of halogens is 4. The molecule has 1 unspecified atom stereocenters. The highest BCUT2D eigenvalue weighted by molar-refractivity contribution is 6.02. The number of aromatic nitrogens is 1. The van der Waals surface area contributed by atoms with Crippen LogP contribution in [0.5, 0.6) is 0 Å². The summed E-state index contributed by atoms with van der Waals surface area (Å²) in [5.41, 5.74) is 2.07. The molecule has 11 heteroatoms. The number of nitrogens with zero attached hydrogens (tertiary/aromatic N) is 2. The van der Waals surface area contributed by atoms with Gasteiger partial charge in [0.15, 0.2) is 6.35 Å². The van der Waals surface area contributed by atoms with E-state index in [9.17, 15) is 22.4 Å². The maximum absolute atomic E-state index is 14.5. The summed E-state index contributed by atoms with van der Waals surface area (Å²) in [6.07, 6.45) is -0.261. The molecule has 7 nitrogen and oxygen atoms in total. The van der Waals surface area contributed by atoms with Crippen molar-refractivity contribution in [1.29, 1.82) is 5.26 Å². The topological polar surface area (TPSA) is 113 Å². The Balaban J connectivity index is 1.95. The molecular weight excluding hydrogens is 394 g/mol. The number of nitrogens with two attached hydrogens (primary N) is 1. The van der Waals surface area contributed by atoms with Crippen molar-refractivity contribution < 1.29 is 27.1 Å². The van der Waals surface area contributed by atoms with Gasteiger partial charge in [-0.1, -0.05) is 0 Å². The first-order chi connectivity index (χ1) is 13.7. The zero-order valence-corrected chi connectivity index (χ0v) is 14.8. The highest BCUT2D eigenvalue weighted by atomic mass is 19.3. The zero-order valence-electron chi connectivity index (χ0n) is 14.8. The van der Waals surface area contributed by atoms with Crippen LogP contribution in [-0.4, -0.2) is 36.4 Å². The number of ether oxygens (including phenoxy) is 1. The number of carbonyl (C=O) groups excluding carboxylic acids is 1. The van der Waals surface area contributed by atoms with E-state index in [4.69, 9.17) is 11.0 Å². The quantitative estimate of drug-likeness (QED) is 0.666. The molecule has 0 saturated carbocycles. The number of anilines is 1. The van der Waals surface area contributed by atoms with Crippen molar-refractivity contribution in [2.24, 2.45) is 5.73 Å². The number of carbonyl (C=O) groups is 1. The van der Waals surface area contributed by atoms with E-state index in [2.05, 4.69) is 20.4 Å². The molecule has 0 spiro atoms. The fourth-order valence-corrected chi connectivity index (χ4v) is 2.91. The number of hydrogen-bond donors (Lipinski definition) is 3. The molecule has 1 aliphatic heterocycles. The van der Waals surface area contributed by atoms with E-state index in [0.29, 0.717) is 0 Å². The minimum absolute atomic E-state index is 0.0633. The molecule has 1 aromatic heterocycles. The third kappa shape index (κ3) is 3.77. The standard InChI is InChI=1S/C18H15F4N5O2/c19-8-17(18(21,22)9-29-16(24)27-17)12-5-11(2-3-13(12)20)26-15(28)14-4-1-10(6-23)7-25-14/h1-5,7,16,27H,8-9,24H2,(H,26,28)/t16?,17-/m1/s1. The van der Waals surface area contributed by atoms with Crippen LogP contribution in [0.15, 0.2) is 36.5 Å². The van der Waals surface area contributed by atoms with Crippen LogP contribution in [0, 0.1) is 17.1 Å². The average Bonchev–Trinajstić information content (AvgIpc) is 2.71. The van der Waals surface area contributed by atoms with E-state index in [0.717, 1.165) is 18.2 Å². The lowest BCUT2D eigenvalue weighted by Crippen LogP contribution is -2.69. The molecule has 0 bridgehead atoms. The van der Waals surface area contributed by atoms with Crippen LogP contribution < -0.4 is 16.4 Å². The molecule has 1 aromatic carbocycles. The van der Waals surface area contributed by atoms with Gasteiger partial charge in [0, 0.05) is 17.4 Å². The Morgan fingerprint density at radius 1 is 1.41 bits per heavy atom. The van der Waals surface area contributed by atoms with Crippen LogP contribution in [-0.2, 0) is 10.3 Å². The first-order valence-electron chi connectivity index (χ1n) is 8.28. The summed E-state index contributed by atoms with van der Waals surface area (Å²) in [5, 5.41) is 13.2. The number of pyridine rings is 1. The van der Waals surface area contributed by atoms with Crippen molar-refractivity contribution in [3.05, 3.63) is 59.2 Å². The normalized spacial score (nSPS) is 23.2. The van der Waals surface area contributed by atoms with Crippen molar-refractivity contribution in [3.8, 4) is 6.07 Å². The summed E-state index contributed by atoms with van der Waals surface area (Å²) < 4.78 is 61.9. The predicted molar refractivity (Wildman–Crippen MR) is 93.0 cm³/mol. The predicted octanol–water partition coefficient (Wildman–Crippen LogP) is 2.01. The fourth-order valence-electron chi connectivity index (χ4n) is 2.91. The number of hydrogen-bond acceptors (Lipinski definition) is 6. The highest BCUT2D eigenvalue weighted by Gasteiger charge is 2.60. The maximum Gasteiger partial charge on any atom is 0.295 e. The lowest BCUT2D eigenvalue weighted by molar-refractivity contribution is -0.218. The second kappa shape index (κ2) is 7.75. The van der Waals surface area contributed by atoms with Gasteiger partial charge in [-0.25, -0.2) is 22.5 Å². The summed E-state index contributed by atoms with van der Waals surface area (Å²) in [7, 11) is 0. The van der Waals surface area contributed by atoms with Crippen molar-refractivity contribution in [2.45, 2.75) is 17.8 Å². The third-order valence-electron chi connectivity index (χ3n) is 4.47. The van der Waals surface area contributed by atoms with Gasteiger partial charge in [-0.15, -0.1) is 0 Å². The Morgan fingerprint density at radius 3 is 2.79 bits per heavy atom. The first-order valence-corrected chi connectivity index (χ1v) is 8.28. The molecule has 0 radical (unpaired) electrons. The molecule has 0 aliphatic carbocycles. The van der Waals surface area contributed by atoms with Crippen LogP contribution in [0.3, 0.4) is 0 Å². The maximum atomic E-state index is 14.5. The Kier molecular flexibility index (Phi) is 5.52. The van der Waals surface area contributed by atoms with Gasteiger partial charge in [0.25, 0.3) is 11.8 Å². The summed E-state index contributed by atoms with van der Waals surface area (Å²) in [6, 6.07) is 7.35.